The molecule has 2 N–H and O–H groups in total. The van der Waals surface area contributed by atoms with E-state index in [1.54, 1.807) is 25.7 Å². The second-order valence-electron chi connectivity index (χ2n) is 9.64. The molecule has 1 aliphatic carbocycles. The first kappa shape index (κ1) is 23.4. The number of methoxy groups -OCH3 is 1. The lowest BCUT2D eigenvalue weighted by molar-refractivity contribution is -0.153. The summed E-state index contributed by atoms with van der Waals surface area (Å²) in [5.74, 6) is -0.483. The van der Waals surface area contributed by atoms with Gasteiger partial charge in [-0.25, -0.2) is 9.59 Å². The van der Waals surface area contributed by atoms with E-state index in [0.717, 1.165) is 6.42 Å². The summed E-state index contributed by atoms with van der Waals surface area (Å²) in [4.78, 5) is 39.9. The smallest absolute Gasteiger partial charge is 0.408 e. The summed E-state index contributed by atoms with van der Waals surface area (Å²) in [5.41, 5.74) is -0.684. The molecule has 1 aliphatic heterocycles. The lowest BCUT2D eigenvalue weighted by Crippen LogP contribution is -2.56. The molecule has 8 nitrogen and oxygen atoms in total. The van der Waals surface area contributed by atoms with Gasteiger partial charge in [0.05, 0.1) is 13.2 Å². The van der Waals surface area contributed by atoms with Crippen molar-refractivity contribution in [1.29, 1.82) is 0 Å². The molecule has 166 valence electrons. The number of alkyl carbamates (subject to hydrolysis) is 1. The molecule has 0 aromatic heterocycles. The van der Waals surface area contributed by atoms with Gasteiger partial charge in [-0.3, -0.25) is 4.79 Å². The molecule has 1 heterocycles. The van der Waals surface area contributed by atoms with Crippen molar-refractivity contribution in [2.24, 2.45) is 11.8 Å². The van der Waals surface area contributed by atoms with E-state index in [2.05, 4.69) is 5.32 Å². The average Bonchev–Trinajstić information content (AvgIpc) is 2.96. The van der Waals surface area contributed by atoms with Crippen LogP contribution in [0.25, 0.3) is 0 Å². The van der Waals surface area contributed by atoms with Crippen LogP contribution in [-0.4, -0.2) is 64.9 Å². The van der Waals surface area contributed by atoms with Crippen LogP contribution in [0.3, 0.4) is 0 Å². The number of esters is 1. The van der Waals surface area contributed by atoms with Crippen molar-refractivity contribution in [3.8, 4) is 0 Å². The monoisotopic (exact) mass is 412 g/mol. The number of fused-ring (bicyclic) bond motifs is 1. The van der Waals surface area contributed by atoms with E-state index in [9.17, 15) is 19.5 Å². The third-order valence-corrected chi connectivity index (χ3v) is 5.57. The summed E-state index contributed by atoms with van der Waals surface area (Å²) < 4.78 is 10.3. The molecule has 2 fully saturated rings. The van der Waals surface area contributed by atoms with Crippen LogP contribution >= 0.6 is 0 Å². The third-order valence-electron chi connectivity index (χ3n) is 5.57. The number of nitrogens with one attached hydrogen (secondary N) is 1. The third kappa shape index (κ3) is 6.07. The number of rotatable bonds is 5. The molecule has 2 rings (SSSR count). The molecule has 0 bridgehead atoms. The number of ether oxygens (including phenoxy) is 2. The maximum Gasteiger partial charge on any atom is 0.408 e. The maximum absolute atomic E-state index is 13.5. The maximum atomic E-state index is 13.5. The van der Waals surface area contributed by atoms with Crippen LogP contribution in [-0.2, 0) is 19.1 Å². The lowest BCUT2D eigenvalue weighted by Gasteiger charge is -2.37. The molecule has 0 aromatic carbocycles. The average molecular weight is 413 g/mol. The van der Waals surface area contributed by atoms with Crippen LogP contribution in [0.1, 0.15) is 66.7 Å². The Hall–Kier alpha value is -1.83. The van der Waals surface area contributed by atoms with Crippen molar-refractivity contribution in [2.45, 2.75) is 96.6 Å². The quantitative estimate of drug-likeness (QED) is 0.671. The number of amides is 2. The molecule has 0 unspecified atom stereocenters. The first-order chi connectivity index (χ1) is 13.4. The van der Waals surface area contributed by atoms with Crippen LogP contribution in [0, 0.1) is 11.8 Å². The van der Waals surface area contributed by atoms with Crippen LogP contribution in [0.5, 0.6) is 0 Å². The van der Waals surface area contributed by atoms with Crippen LogP contribution in [0.2, 0.25) is 0 Å². The number of aliphatic hydroxyl groups is 1. The second kappa shape index (κ2) is 9.32. The Morgan fingerprint density at radius 1 is 1.17 bits per heavy atom. The molecule has 8 heteroatoms. The second-order valence-corrected chi connectivity index (χ2v) is 9.64. The first-order valence-electron chi connectivity index (χ1n) is 10.5. The Labute approximate surface area is 173 Å². The van der Waals surface area contributed by atoms with E-state index in [1.165, 1.54) is 7.11 Å². The van der Waals surface area contributed by atoms with Gasteiger partial charge in [-0.15, -0.1) is 0 Å². The normalized spacial score (nSPS) is 27.9. The van der Waals surface area contributed by atoms with Gasteiger partial charge in [0.1, 0.15) is 17.7 Å². The standard InChI is InChI=1S/C21H36N2O6/c1-12(2)9-15(22-20(27)29-21(3,4)5)18(25)23-16-11-14(24)8-7-13(16)10-17(23)19(26)28-6/h12-17,24H,7-11H2,1-6H3,(H,22,27)/t13-,14+,15-,16-,17-/m0/s1. The fourth-order valence-electron chi connectivity index (χ4n) is 4.42. The number of hydrogen-bond acceptors (Lipinski definition) is 6. The summed E-state index contributed by atoms with van der Waals surface area (Å²) in [6.45, 7) is 9.20. The van der Waals surface area contributed by atoms with Gasteiger partial charge in [-0.1, -0.05) is 13.8 Å². The number of aliphatic hydroxyl groups excluding tert-OH is 1. The van der Waals surface area contributed by atoms with E-state index >= 15 is 0 Å². The largest absolute Gasteiger partial charge is 0.467 e. The summed E-state index contributed by atoms with van der Waals surface area (Å²) in [5, 5.41) is 12.8. The zero-order valence-corrected chi connectivity index (χ0v) is 18.4. The fraction of sp³-hybridized carbons (Fsp3) is 0.857. The summed E-state index contributed by atoms with van der Waals surface area (Å²) >= 11 is 0. The number of carbonyl (C=O) groups excluding carboxylic acids is 3. The number of nitrogens with zero attached hydrogens (tertiary/aromatic N) is 1. The molecular formula is C21H36N2O6. The Kier molecular flexibility index (Phi) is 7.54. The Morgan fingerprint density at radius 3 is 2.38 bits per heavy atom. The van der Waals surface area contributed by atoms with Gasteiger partial charge >= 0.3 is 12.1 Å². The highest BCUT2D eigenvalue weighted by molar-refractivity contribution is 5.90. The van der Waals surface area contributed by atoms with Gasteiger partial charge in [0.25, 0.3) is 0 Å². The molecular weight excluding hydrogens is 376 g/mol. The van der Waals surface area contributed by atoms with E-state index in [-0.39, 0.29) is 23.8 Å². The molecule has 0 radical (unpaired) electrons. The van der Waals surface area contributed by atoms with Gasteiger partial charge in [0.2, 0.25) is 5.91 Å². The predicted octanol–water partition coefficient (Wildman–Crippen LogP) is 2.23. The summed E-state index contributed by atoms with van der Waals surface area (Å²) in [6.07, 6.45) is 1.65. The first-order valence-corrected chi connectivity index (χ1v) is 10.5. The molecule has 1 saturated heterocycles. The topological polar surface area (TPSA) is 105 Å². The van der Waals surface area contributed by atoms with E-state index in [0.29, 0.717) is 25.7 Å². The van der Waals surface area contributed by atoms with Gasteiger partial charge in [-0.05, 0) is 64.7 Å². The highest BCUT2D eigenvalue weighted by atomic mass is 16.6. The van der Waals surface area contributed by atoms with Crippen LogP contribution < -0.4 is 5.32 Å². The summed E-state index contributed by atoms with van der Waals surface area (Å²) in [6, 6.07) is -1.73. The van der Waals surface area contributed by atoms with Crippen LogP contribution in [0.4, 0.5) is 4.79 Å². The van der Waals surface area contributed by atoms with E-state index < -0.39 is 35.9 Å². The number of carbonyl (C=O) groups is 3. The molecule has 29 heavy (non-hydrogen) atoms. The SMILES string of the molecule is COC(=O)[C@@H]1C[C@@H]2CC[C@@H](O)C[C@@H]2N1C(=O)[C@H](CC(C)C)NC(=O)OC(C)(C)C. The van der Waals surface area contributed by atoms with Gasteiger partial charge in [-0.2, -0.15) is 0 Å². The number of likely N-dealkylation sites (tertiary alicyclic amines) is 1. The predicted molar refractivity (Wildman–Crippen MR) is 107 cm³/mol. The highest BCUT2D eigenvalue weighted by Crippen LogP contribution is 2.40. The van der Waals surface area contributed by atoms with Crippen molar-refractivity contribution in [3.05, 3.63) is 0 Å². The van der Waals surface area contributed by atoms with Crippen LogP contribution in [0.15, 0.2) is 0 Å². The van der Waals surface area contributed by atoms with Gasteiger partial charge < -0.3 is 24.8 Å². The van der Waals surface area contributed by atoms with E-state index in [4.69, 9.17) is 9.47 Å². The summed E-state index contributed by atoms with van der Waals surface area (Å²) in [7, 11) is 1.31. The molecule has 5 atom stereocenters. The fourth-order valence-corrected chi connectivity index (χ4v) is 4.42. The number of hydrogen-bond donors (Lipinski definition) is 2. The molecule has 2 amide bonds. The van der Waals surface area contributed by atoms with Crippen molar-refractivity contribution in [2.75, 3.05) is 7.11 Å². The van der Waals surface area contributed by atoms with Crippen molar-refractivity contribution >= 4 is 18.0 Å². The minimum atomic E-state index is -0.810. The van der Waals surface area contributed by atoms with E-state index in [1.807, 2.05) is 13.8 Å². The minimum Gasteiger partial charge on any atom is -0.467 e. The minimum absolute atomic E-state index is 0.144. The molecule has 0 spiro atoms. The van der Waals surface area contributed by atoms with Crippen molar-refractivity contribution in [1.82, 2.24) is 10.2 Å². The highest BCUT2D eigenvalue weighted by Gasteiger charge is 2.50. The van der Waals surface area contributed by atoms with Gasteiger partial charge in [0, 0.05) is 6.04 Å². The zero-order chi connectivity index (χ0) is 21.9. The molecule has 0 aromatic rings. The Balaban J connectivity index is 2.26. The lowest BCUT2D eigenvalue weighted by atomic mass is 9.83. The Bertz CT molecular complexity index is 615. The molecule has 1 saturated carbocycles. The Morgan fingerprint density at radius 2 is 1.83 bits per heavy atom. The molecule has 2 aliphatic rings. The van der Waals surface area contributed by atoms with Crippen molar-refractivity contribution < 1.29 is 29.0 Å². The zero-order valence-electron chi connectivity index (χ0n) is 18.4. The van der Waals surface area contributed by atoms with Crippen molar-refractivity contribution in [3.63, 3.8) is 0 Å². The van der Waals surface area contributed by atoms with Gasteiger partial charge in [0.15, 0.2) is 0 Å².